The molecule has 0 aromatic carbocycles. The van der Waals surface area contributed by atoms with Gasteiger partial charge in [0.2, 0.25) is 0 Å². The van der Waals surface area contributed by atoms with E-state index in [1.165, 1.54) is 11.3 Å². The number of thiophene rings is 1. The second kappa shape index (κ2) is 4.43. The van der Waals surface area contributed by atoms with Gasteiger partial charge in [0.15, 0.2) is 5.78 Å². The standard InChI is InChI=1S/C11H17N3OS/c1-2-9(15)11-8(13)5-10(16-11)14-4-3-7(12)6-14/h5,7H,2-4,6,12-13H2,1H3. The number of hydrogen-bond donors (Lipinski definition) is 2. The molecule has 1 atom stereocenters. The smallest absolute Gasteiger partial charge is 0.174 e. The van der Waals surface area contributed by atoms with Crippen LogP contribution in [0, 0.1) is 0 Å². The lowest BCUT2D eigenvalue weighted by atomic mass is 10.2. The minimum absolute atomic E-state index is 0.122. The zero-order chi connectivity index (χ0) is 11.7. The number of anilines is 2. The van der Waals surface area contributed by atoms with E-state index in [0.29, 0.717) is 17.0 Å². The summed E-state index contributed by atoms with van der Waals surface area (Å²) in [6, 6.07) is 2.14. The van der Waals surface area contributed by atoms with E-state index in [1.807, 2.05) is 13.0 Å². The molecule has 0 bridgehead atoms. The fraction of sp³-hybridized carbons (Fsp3) is 0.545. The number of nitrogens with two attached hydrogens (primary N) is 2. The summed E-state index contributed by atoms with van der Waals surface area (Å²) in [7, 11) is 0. The molecule has 0 saturated carbocycles. The number of carbonyl (C=O) groups is 1. The zero-order valence-corrected chi connectivity index (χ0v) is 10.2. The Hall–Kier alpha value is -1.07. The average Bonchev–Trinajstić information content (AvgIpc) is 2.83. The van der Waals surface area contributed by atoms with Crippen molar-refractivity contribution in [3.8, 4) is 0 Å². The molecule has 1 saturated heterocycles. The van der Waals surface area contributed by atoms with Crippen LogP contribution < -0.4 is 16.4 Å². The second-order valence-corrected chi connectivity index (χ2v) is 5.17. The quantitative estimate of drug-likeness (QED) is 0.783. The molecule has 0 amide bonds. The number of carbonyl (C=O) groups excluding carboxylic acids is 1. The molecule has 88 valence electrons. The monoisotopic (exact) mass is 239 g/mol. The molecule has 4 N–H and O–H groups in total. The van der Waals surface area contributed by atoms with E-state index < -0.39 is 0 Å². The SMILES string of the molecule is CCC(=O)c1sc(N2CCC(N)C2)cc1N. The van der Waals surface area contributed by atoms with Crippen molar-refractivity contribution in [2.75, 3.05) is 23.7 Å². The third-order valence-electron chi connectivity index (χ3n) is 2.86. The molecule has 0 spiro atoms. The third kappa shape index (κ3) is 2.05. The summed E-state index contributed by atoms with van der Waals surface area (Å²) in [5.41, 5.74) is 12.3. The Morgan fingerprint density at radius 1 is 1.69 bits per heavy atom. The van der Waals surface area contributed by atoms with Crippen LogP contribution in [0.3, 0.4) is 0 Å². The van der Waals surface area contributed by atoms with Gasteiger partial charge < -0.3 is 16.4 Å². The number of nitrogens with zero attached hydrogens (tertiary/aromatic N) is 1. The first kappa shape index (κ1) is 11.4. The Labute approximate surface area is 99.2 Å². The van der Waals surface area contributed by atoms with Crippen LogP contribution in [0.25, 0.3) is 0 Å². The average molecular weight is 239 g/mol. The van der Waals surface area contributed by atoms with Crippen molar-refractivity contribution in [1.29, 1.82) is 0 Å². The third-order valence-corrected chi connectivity index (χ3v) is 4.11. The number of Topliss-reactive ketones (excluding diaryl/α,β-unsaturated/α-hetero) is 1. The van der Waals surface area contributed by atoms with E-state index in [9.17, 15) is 4.79 Å². The van der Waals surface area contributed by atoms with E-state index in [4.69, 9.17) is 11.5 Å². The van der Waals surface area contributed by atoms with Gasteiger partial charge in [0.25, 0.3) is 0 Å². The Kier molecular flexibility index (Phi) is 3.16. The second-order valence-electron chi connectivity index (χ2n) is 4.14. The van der Waals surface area contributed by atoms with Crippen molar-refractivity contribution in [2.24, 2.45) is 5.73 Å². The first-order valence-electron chi connectivity index (χ1n) is 5.54. The van der Waals surface area contributed by atoms with Crippen molar-refractivity contribution in [1.82, 2.24) is 0 Å². The number of hydrogen-bond acceptors (Lipinski definition) is 5. The van der Waals surface area contributed by atoms with Crippen molar-refractivity contribution >= 4 is 27.8 Å². The first-order valence-corrected chi connectivity index (χ1v) is 6.36. The van der Waals surface area contributed by atoms with Crippen LogP contribution in [-0.2, 0) is 0 Å². The van der Waals surface area contributed by atoms with Gasteiger partial charge in [-0.3, -0.25) is 4.79 Å². The fourth-order valence-corrected chi connectivity index (χ4v) is 3.04. The summed E-state index contributed by atoms with van der Waals surface area (Å²) < 4.78 is 0. The van der Waals surface area contributed by atoms with Crippen LogP contribution in [0.15, 0.2) is 6.07 Å². The molecule has 2 heterocycles. The maximum Gasteiger partial charge on any atom is 0.174 e. The lowest BCUT2D eigenvalue weighted by Crippen LogP contribution is -2.25. The van der Waals surface area contributed by atoms with Gasteiger partial charge in [-0.25, -0.2) is 0 Å². The van der Waals surface area contributed by atoms with E-state index >= 15 is 0 Å². The van der Waals surface area contributed by atoms with Gasteiger partial charge >= 0.3 is 0 Å². The van der Waals surface area contributed by atoms with Gasteiger partial charge in [0, 0.05) is 25.6 Å². The lowest BCUT2D eigenvalue weighted by molar-refractivity contribution is 0.0993. The molecular weight excluding hydrogens is 222 g/mol. The van der Waals surface area contributed by atoms with E-state index in [0.717, 1.165) is 24.5 Å². The van der Waals surface area contributed by atoms with Gasteiger partial charge in [-0.2, -0.15) is 0 Å². The van der Waals surface area contributed by atoms with Crippen molar-refractivity contribution in [3.05, 3.63) is 10.9 Å². The van der Waals surface area contributed by atoms with E-state index in [2.05, 4.69) is 4.90 Å². The lowest BCUT2D eigenvalue weighted by Gasteiger charge is -2.14. The molecule has 2 rings (SSSR count). The molecule has 0 radical (unpaired) electrons. The van der Waals surface area contributed by atoms with Crippen molar-refractivity contribution < 1.29 is 4.79 Å². The molecule has 5 heteroatoms. The molecule has 4 nitrogen and oxygen atoms in total. The number of nitrogen functional groups attached to an aromatic ring is 1. The predicted molar refractivity (Wildman–Crippen MR) is 68.2 cm³/mol. The molecule has 16 heavy (non-hydrogen) atoms. The Balaban J connectivity index is 2.20. The maximum atomic E-state index is 11.6. The topological polar surface area (TPSA) is 72.3 Å². The Morgan fingerprint density at radius 2 is 2.44 bits per heavy atom. The van der Waals surface area contributed by atoms with Gasteiger partial charge in [-0.05, 0) is 12.5 Å². The summed E-state index contributed by atoms with van der Waals surface area (Å²) in [6.45, 7) is 3.67. The van der Waals surface area contributed by atoms with Gasteiger partial charge in [-0.1, -0.05) is 6.92 Å². The summed E-state index contributed by atoms with van der Waals surface area (Å²) in [5, 5.41) is 1.07. The summed E-state index contributed by atoms with van der Waals surface area (Å²) in [5.74, 6) is 0.122. The van der Waals surface area contributed by atoms with Gasteiger partial charge in [0.1, 0.15) is 0 Å². The highest BCUT2D eigenvalue weighted by molar-refractivity contribution is 7.18. The molecule has 1 unspecified atom stereocenters. The molecule has 1 aromatic rings. The molecule has 0 aliphatic carbocycles. The fourth-order valence-electron chi connectivity index (χ4n) is 1.91. The van der Waals surface area contributed by atoms with Crippen LogP contribution in [-0.4, -0.2) is 24.9 Å². The minimum atomic E-state index is 0.122. The summed E-state index contributed by atoms with van der Waals surface area (Å²) >= 11 is 1.49. The number of ketones is 1. The maximum absolute atomic E-state index is 11.6. The Bertz CT molecular complexity index is 402. The van der Waals surface area contributed by atoms with Crippen LogP contribution in [0.2, 0.25) is 0 Å². The highest BCUT2D eigenvalue weighted by Gasteiger charge is 2.22. The molecule has 1 aliphatic rings. The van der Waals surface area contributed by atoms with E-state index in [-0.39, 0.29) is 11.8 Å². The van der Waals surface area contributed by atoms with Gasteiger partial charge in [-0.15, -0.1) is 11.3 Å². The molecule has 1 fully saturated rings. The van der Waals surface area contributed by atoms with Crippen molar-refractivity contribution in [2.45, 2.75) is 25.8 Å². The highest BCUT2D eigenvalue weighted by Crippen LogP contribution is 2.34. The molecule has 1 aromatic heterocycles. The summed E-state index contributed by atoms with van der Waals surface area (Å²) in [6.07, 6.45) is 1.51. The molecular formula is C11H17N3OS. The first-order chi connectivity index (χ1) is 7.61. The minimum Gasteiger partial charge on any atom is -0.397 e. The van der Waals surface area contributed by atoms with Crippen LogP contribution in [0.1, 0.15) is 29.4 Å². The normalized spacial score (nSPS) is 20.4. The number of rotatable bonds is 3. The largest absolute Gasteiger partial charge is 0.397 e. The zero-order valence-electron chi connectivity index (χ0n) is 9.40. The highest BCUT2D eigenvalue weighted by atomic mass is 32.1. The van der Waals surface area contributed by atoms with Crippen LogP contribution >= 0.6 is 11.3 Å². The van der Waals surface area contributed by atoms with Crippen LogP contribution in [0.5, 0.6) is 0 Å². The van der Waals surface area contributed by atoms with Crippen LogP contribution in [0.4, 0.5) is 10.7 Å². The van der Waals surface area contributed by atoms with Gasteiger partial charge in [0.05, 0.1) is 15.6 Å². The van der Waals surface area contributed by atoms with Crippen molar-refractivity contribution in [3.63, 3.8) is 0 Å². The van der Waals surface area contributed by atoms with E-state index in [1.54, 1.807) is 0 Å². The molecule has 1 aliphatic heterocycles. The predicted octanol–water partition coefficient (Wildman–Crippen LogP) is 1.46. The Morgan fingerprint density at radius 3 is 3.00 bits per heavy atom. The summed E-state index contributed by atoms with van der Waals surface area (Å²) in [4.78, 5) is 14.5.